The number of nitrogens with zero attached hydrogens (tertiary/aromatic N) is 1. The molecule has 0 aromatic heterocycles. The second-order valence-corrected chi connectivity index (χ2v) is 4.82. The molecule has 0 amide bonds. The largest absolute Gasteiger partial charge is 0.494 e. The van der Waals surface area contributed by atoms with E-state index in [4.69, 9.17) is 9.31 Å². The number of hydrogen-bond donors (Lipinski definition) is 0. The summed E-state index contributed by atoms with van der Waals surface area (Å²) in [5, 5.41) is 10.7. The zero-order valence-electron chi connectivity index (χ0n) is 10.1. The number of nitro groups is 1. The molecule has 1 aromatic rings. The van der Waals surface area contributed by atoms with Gasteiger partial charge in [0.1, 0.15) is 0 Å². The van der Waals surface area contributed by atoms with Crippen molar-refractivity contribution in [3.8, 4) is 0 Å². The molecule has 1 aromatic carbocycles. The van der Waals surface area contributed by atoms with Gasteiger partial charge in [0.05, 0.1) is 17.1 Å². The van der Waals surface area contributed by atoms with Gasteiger partial charge in [-0.2, -0.15) is 0 Å². The first-order valence-electron chi connectivity index (χ1n) is 5.43. The minimum absolute atomic E-state index is 0.0579. The highest BCUT2D eigenvalue weighted by Crippen LogP contribution is 2.21. The third kappa shape index (κ3) is 2.48. The molecule has 1 aliphatic rings. The molecule has 2 rings (SSSR count). The van der Waals surface area contributed by atoms with Gasteiger partial charge in [-0.25, -0.2) is 0 Å². The van der Waals surface area contributed by atoms with Crippen molar-refractivity contribution in [2.24, 2.45) is 0 Å². The van der Waals surface area contributed by atoms with E-state index in [1.54, 1.807) is 6.07 Å². The van der Waals surface area contributed by atoms with Gasteiger partial charge in [0.15, 0.2) is 0 Å². The molecule has 6 heteroatoms. The number of benzene rings is 1. The fourth-order valence-electron chi connectivity index (χ4n) is 1.78. The fraction of sp³-hybridized carbons (Fsp3) is 0.455. The molecule has 0 radical (unpaired) electrons. The SMILES string of the molecule is Cc1ccc([N+](=O)[O-])cc1B1OCC(C)(C)O1. The third-order valence-corrected chi connectivity index (χ3v) is 2.74. The molecule has 0 spiro atoms. The van der Waals surface area contributed by atoms with Crippen LogP contribution in [0.15, 0.2) is 18.2 Å². The third-order valence-electron chi connectivity index (χ3n) is 2.74. The lowest BCUT2D eigenvalue weighted by Gasteiger charge is -2.16. The molecule has 5 nitrogen and oxygen atoms in total. The highest BCUT2D eigenvalue weighted by Gasteiger charge is 2.39. The molecule has 0 atom stereocenters. The lowest BCUT2D eigenvalue weighted by molar-refractivity contribution is -0.384. The lowest BCUT2D eigenvalue weighted by atomic mass is 9.76. The maximum absolute atomic E-state index is 10.7. The van der Waals surface area contributed by atoms with Crippen molar-refractivity contribution in [1.82, 2.24) is 0 Å². The van der Waals surface area contributed by atoms with Crippen LogP contribution in [0.2, 0.25) is 0 Å². The molecule has 0 bridgehead atoms. The van der Waals surface area contributed by atoms with Gasteiger partial charge in [-0.3, -0.25) is 10.1 Å². The van der Waals surface area contributed by atoms with Crippen molar-refractivity contribution < 1.29 is 14.2 Å². The smallest absolute Gasteiger partial charge is 0.404 e. The Morgan fingerprint density at radius 2 is 2.18 bits per heavy atom. The molecule has 0 unspecified atom stereocenters. The predicted molar refractivity (Wildman–Crippen MR) is 64.3 cm³/mol. The van der Waals surface area contributed by atoms with E-state index in [0.29, 0.717) is 6.61 Å². The average Bonchev–Trinajstić information content (AvgIpc) is 2.59. The van der Waals surface area contributed by atoms with Crippen LogP contribution in [0.5, 0.6) is 0 Å². The Labute approximate surface area is 100 Å². The van der Waals surface area contributed by atoms with E-state index in [2.05, 4.69) is 0 Å². The summed E-state index contributed by atoms with van der Waals surface area (Å²) >= 11 is 0. The van der Waals surface area contributed by atoms with E-state index in [1.807, 2.05) is 20.8 Å². The first kappa shape index (κ1) is 12.1. The Hall–Kier alpha value is -1.40. The zero-order chi connectivity index (χ0) is 12.6. The van der Waals surface area contributed by atoms with Gasteiger partial charge in [0.2, 0.25) is 0 Å². The number of hydrogen-bond acceptors (Lipinski definition) is 4. The van der Waals surface area contributed by atoms with Crippen LogP contribution in [0.25, 0.3) is 0 Å². The second kappa shape index (κ2) is 4.12. The first-order valence-corrected chi connectivity index (χ1v) is 5.43. The van der Waals surface area contributed by atoms with Gasteiger partial charge < -0.3 is 9.31 Å². The molecular formula is C11H14BNO4. The summed E-state index contributed by atoms with van der Waals surface area (Å²) in [6.45, 7) is 6.23. The molecule has 0 N–H and O–H groups in total. The molecular weight excluding hydrogens is 221 g/mol. The van der Waals surface area contributed by atoms with E-state index >= 15 is 0 Å². The van der Waals surface area contributed by atoms with E-state index in [9.17, 15) is 10.1 Å². The number of rotatable bonds is 2. The Bertz CT molecular complexity index is 461. The van der Waals surface area contributed by atoms with Gasteiger partial charge in [-0.1, -0.05) is 11.6 Å². The van der Waals surface area contributed by atoms with Gasteiger partial charge in [0, 0.05) is 12.1 Å². The molecule has 1 aliphatic heterocycles. The van der Waals surface area contributed by atoms with Crippen molar-refractivity contribution in [3.63, 3.8) is 0 Å². The van der Waals surface area contributed by atoms with Crippen LogP contribution in [-0.2, 0) is 9.31 Å². The van der Waals surface area contributed by atoms with Gasteiger partial charge in [0.25, 0.3) is 5.69 Å². The second-order valence-electron chi connectivity index (χ2n) is 4.82. The van der Waals surface area contributed by atoms with E-state index in [1.165, 1.54) is 12.1 Å². The van der Waals surface area contributed by atoms with Crippen molar-refractivity contribution in [2.45, 2.75) is 26.4 Å². The van der Waals surface area contributed by atoms with Crippen LogP contribution in [0.4, 0.5) is 5.69 Å². The molecule has 90 valence electrons. The van der Waals surface area contributed by atoms with Crippen LogP contribution in [0.3, 0.4) is 0 Å². The summed E-state index contributed by atoms with van der Waals surface area (Å²) in [5.41, 5.74) is 1.37. The quantitative estimate of drug-likeness (QED) is 0.441. The van der Waals surface area contributed by atoms with Crippen molar-refractivity contribution >= 4 is 18.3 Å². The summed E-state index contributed by atoms with van der Waals surface area (Å²) in [6.07, 6.45) is 0. The van der Waals surface area contributed by atoms with Crippen LogP contribution < -0.4 is 5.46 Å². The molecule has 1 saturated heterocycles. The van der Waals surface area contributed by atoms with Crippen molar-refractivity contribution in [1.29, 1.82) is 0 Å². The Kier molecular flexibility index (Phi) is 2.93. The summed E-state index contributed by atoms with van der Waals surface area (Å²) in [4.78, 5) is 10.3. The Balaban J connectivity index is 2.32. The van der Waals surface area contributed by atoms with E-state index in [-0.39, 0.29) is 11.3 Å². The lowest BCUT2D eigenvalue weighted by Crippen LogP contribution is -2.36. The fourth-order valence-corrected chi connectivity index (χ4v) is 1.78. The maximum atomic E-state index is 10.7. The zero-order valence-corrected chi connectivity index (χ0v) is 10.1. The number of aryl methyl sites for hydroxylation is 1. The van der Waals surface area contributed by atoms with Gasteiger partial charge in [-0.05, 0) is 26.2 Å². The predicted octanol–water partition coefficient (Wildman–Crippen LogP) is 1.42. The monoisotopic (exact) mass is 235 g/mol. The Morgan fingerprint density at radius 3 is 2.71 bits per heavy atom. The summed E-state index contributed by atoms with van der Waals surface area (Å²) < 4.78 is 11.2. The van der Waals surface area contributed by atoms with Crippen LogP contribution in [-0.4, -0.2) is 24.2 Å². The molecule has 0 aliphatic carbocycles. The van der Waals surface area contributed by atoms with E-state index in [0.717, 1.165) is 11.0 Å². The molecule has 0 saturated carbocycles. The van der Waals surface area contributed by atoms with Crippen molar-refractivity contribution in [2.75, 3.05) is 6.61 Å². The standard InChI is InChI=1S/C11H14BNO4/c1-8-4-5-9(13(14)15)6-10(8)12-16-7-11(2,3)17-12/h4-6H,7H2,1-3H3. The summed E-state index contributed by atoms with van der Waals surface area (Å²) in [5.74, 6) is 0. The topological polar surface area (TPSA) is 61.6 Å². The maximum Gasteiger partial charge on any atom is 0.494 e. The summed E-state index contributed by atoms with van der Waals surface area (Å²) in [6, 6.07) is 4.71. The average molecular weight is 235 g/mol. The first-order chi connectivity index (χ1) is 7.89. The van der Waals surface area contributed by atoms with E-state index < -0.39 is 12.0 Å². The number of non-ortho nitro benzene ring substituents is 1. The molecule has 1 fully saturated rings. The van der Waals surface area contributed by atoms with Gasteiger partial charge in [-0.15, -0.1) is 0 Å². The van der Waals surface area contributed by atoms with Crippen LogP contribution >= 0.6 is 0 Å². The normalized spacial score (nSPS) is 18.4. The highest BCUT2D eigenvalue weighted by atomic mass is 16.7. The van der Waals surface area contributed by atoms with Crippen LogP contribution in [0, 0.1) is 17.0 Å². The molecule has 1 heterocycles. The minimum Gasteiger partial charge on any atom is -0.404 e. The van der Waals surface area contributed by atoms with Crippen molar-refractivity contribution in [3.05, 3.63) is 33.9 Å². The minimum atomic E-state index is -0.509. The number of nitro benzene ring substituents is 1. The Morgan fingerprint density at radius 1 is 1.47 bits per heavy atom. The van der Waals surface area contributed by atoms with Gasteiger partial charge >= 0.3 is 7.12 Å². The highest BCUT2D eigenvalue weighted by molar-refractivity contribution is 6.62. The summed E-state index contributed by atoms with van der Waals surface area (Å²) in [7, 11) is -0.509. The van der Waals surface area contributed by atoms with Crippen LogP contribution in [0.1, 0.15) is 19.4 Å². The molecule has 17 heavy (non-hydrogen) atoms.